The molecule has 1 fully saturated rings. The SMILES string of the molecule is Cc1cccc([C@@H]2C[C@H]2C(=O)O[C@H](c2cnn(C)c2)C(F)(F)F)c1. The molecule has 4 nitrogen and oxygen atoms in total. The highest BCUT2D eigenvalue weighted by Gasteiger charge is 2.50. The zero-order valence-electron chi connectivity index (χ0n) is 13.2. The fourth-order valence-electron chi connectivity index (χ4n) is 2.83. The lowest BCUT2D eigenvalue weighted by Gasteiger charge is -2.19. The van der Waals surface area contributed by atoms with E-state index >= 15 is 0 Å². The normalized spacial score (nSPS) is 21.4. The van der Waals surface area contributed by atoms with Crippen LogP contribution < -0.4 is 0 Å². The molecule has 3 atom stereocenters. The number of aryl methyl sites for hydroxylation is 2. The van der Waals surface area contributed by atoms with Crippen LogP contribution in [0.15, 0.2) is 36.7 Å². The highest BCUT2D eigenvalue weighted by molar-refractivity contribution is 5.77. The van der Waals surface area contributed by atoms with Gasteiger partial charge in [0.2, 0.25) is 6.10 Å². The first-order valence-corrected chi connectivity index (χ1v) is 7.58. The van der Waals surface area contributed by atoms with Crippen LogP contribution >= 0.6 is 0 Å². The van der Waals surface area contributed by atoms with E-state index in [0.717, 1.165) is 17.3 Å². The number of ether oxygens (including phenoxy) is 1. The second kappa shape index (κ2) is 5.96. The summed E-state index contributed by atoms with van der Waals surface area (Å²) in [6, 6.07) is 7.63. The average molecular weight is 338 g/mol. The lowest BCUT2D eigenvalue weighted by molar-refractivity contribution is -0.225. The van der Waals surface area contributed by atoms with Crippen LogP contribution in [0.25, 0.3) is 0 Å². The Morgan fingerprint density at radius 1 is 1.42 bits per heavy atom. The van der Waals surface area contributed by atoms with Crippen molar-refractivity contribution in [2.24, 2.45) is 13.0 Å². The quantitative estimate of drug-likeness (QED) is 0.799. The van der Waals surface area contributed by atoms with E-state index in [4.69, 9.17) is 4.74 Å². The molecule has 128 valence electrons. The van der Waals surface area contributed by atoms with Gasteiger partial charge in [0.25, 0.3) is 0 Å². The zero-order chi connectivity index (χ0) is 17.5. The summed E-state index contributed by atoms with van der Waals surface area (Å²) < 4.78 is 45.7. The van der Waals surface area contributed by atoms with Crippen LogP contribution in [0.4, 0.5) is 13.2 Å². The smallest absolute Gasteiger partial charge is 0.429 e. The van der Waals surface area contributed by atoms with E-state index in [9.17, 15) is 18.0 Å². The van der Waals surface area contributed by atoms with Crippen LogP contribution in [0.1, 0.15) is 35.1 Å². The van der Waals surface area contributed by atoms with Crippen molar-refractivity contribution >= 4 is 5.97 Å². The minimum Gasteiger partial charge on any atom is -0.447 e. The molecule has 0 radical (unpaired) electrons. The lowest BCUT2D eigenvalue weighted by Crippen LogP contribution is -2.26. The van der Waals surface area contributed by atoms with E-state index in [1.807, 2.05) is 31.2 Å². The van der Waals surface area contributed by atoms with E-state index in [2.05, 4.69) is 5.10 Å². The summed E-state index contributed by atoms with van der Waals surface area (Å²) in [6.07, 6.45) is -4.17. The molecule has 0 amide bonds. The Kier molecular flexibility index (Phi) is 4.11. The van der Waals surface area contributed by atoms with Gasteiger partial charge in [-0.3, -0.25) is 9.48 Å². The third kappa shape index (κ3) is 3.44. The Bertz CT molecular complexity index is 754. The highest BCUT2D eigenvalue weighted by atomic mass is 19.4. The van der Waals surface area contributed by atoms with E-state index in [0.29, 0.717) is 6.42 Å². The molecule has 1 aromatic heterocycles. The van der Waals surface area contributed by atoms with Gasteiger partial charge in [-0.25, -0.2) is 0 Å². The Morgan fingerprint density at radius 3 is 2.75 bits per heavy atom. The molecular formula is C17H17F3N2O2. The number of carbonyl (C=O) groups is 1. The molecule has 0 N–H and O–H groups in total. The van der Waals surface area contributed by atoms with Gasteiger partial charge in [0.15, 0.2) is 0 Å². The number of rotatable bonds is 4. The van der Waals surface area contributed by atoms with Crippen LogP contribution in [-0.4, -0.2) is 21.9 Å². The highest BCUT2D eigenvalue weighted by Crippen LogP contribution is 2.49. The van der Waals surface area contributed by atoms with Gasteiger partial charge in [0.1, 0.15) is 0 Å². The summed E-state index contributed by atoms with van der Waals surface area (Å²) in [5.41, 5.74) is 1.84. The Balaban J connectivity index is 1.71. The van der Waals surface area contributed by atoms with Crippen LogP contribution in [0.5, 0.6) is 0 Å². The summed E-state index contributed by atoms with van der Waals surface area (Å²) in [6.45, 7) is 1.93. The Hall–Kier alpha value is -2.31. The van der Waals surface area contributed by atoms with Crippen molar-refractivity contribution in [1.29, 1.82) is 0 Å². The number of carbonyl (C=O) groups excluding carboxylic acids is 1. The van der Waals surface area contributed by atoms with E-state index < -0.39 is 24.2 Å². The van der Waals surface area contributed by atoms with Crippen LogP contribution in [0.3, 0.4) is 0 Å². The summed E-state index contributed by atoms with van der Waals surface area (Å²) in [5.74, 6) is -1.40. The molecule has 0 aliphatic heterocycles. The molecule has 7 heteroatoms. The topological polar surface area (TPSA) is 44.1 Å². The fraction of sp³-hybridized carbons (Fsp3) is 0.412. The predicted molar refractivity (Wildman–Crippen MR) is 80.1 cm³/mol. The molecule has 1 aliphatic carbocycles. The van der Waals surface area contributed by atoms with Gasteiger partial charge < -0.3 is 4.74 Å². The molecule has 0 bridgehead atoms. The van der Waals surface area contributed by atoms with Crippen molar-refractivity contribution in [1.82, 2.24) is 9.78 Å². The maximum Gasteiger partial charge on any atom is 0.429 e. The van der Waals surface area contributed by atoms with Gasteiger partial charge in [-0.05, 0) is 24.8 Å². The molecule has 24 heavy (non-hydrogen) atoms. The van der Waals surface area contributed by atoms with E-state index in [1.165, 1.54) is 17.9 Å². The van der Waals surface area contributed by atoms with Crippen LogP contribution in [0.2, 0.25) is 0 Å². The number of alkyl halides is 3. The van der Waals surface area contributed by atoms with Gasteiger partial charge in [-0.1, -0.05) is 29.8 Å². The molecule has 1 aliphatic rings. The van der Waals surface area contributed by atoms with Gasteiger partial charge in [-0.2, -0.15) is 18.3 Å². The lowest BCUT2D eigenvalue weighted by atomic mass is 10.1. The van der Waals surface area contributed by atoms with Crippen molar-refractivity contribution < 1.29 is 22.7 Å². The summed E-state index contributed by atoms with van der Waals surface area (Å²) in [5, 5.41) is 3.72. The molecule has 0 spiro atoms. The minimum atomic E-state index is -4.67. The van der Waals surface area contributed by atoms with Crippen molar-refractivity contribution in [2.75, 3.05) is 0 Å². The number of hydrogen-bond donors (Lipinski definition) is 0. The predicted octanol–water partition coefficient (Wildman–Crippen LogP) is 3.68. The van der Waals surface area contributed by atoms with Crippen molar-refractivity contribution in [3.63, 3.8) is 0 Å². The van der Waals surface area contributed by atoms with Gasteiger partial charge >= 0.3 is 12.1 Å². The Labute approximate surface area is 137 Å². The van der Waals surface area contributed by atoms with E-state index in [-0.39, 0.29) is 11.5 Å². The largest absolute Gasteiger partial charge is 0.447 e. The third-order valence-electron chi connectivity index (χ3n) is 4.12. The second-order valence-electron chi connectivity index (χ2n) is 6.17. The first-order chi connectivity index (χ1) is 11.3. The van der Waals surface area contributed by atoms with Gasteiger partial charge in [0, 0.05) is 18.8 Å². The summed E-state index contributed by atoms with van der Waals surface area (Å²) in [7, 11) is 1.51. The first-order valence-electron chi connectivity index (χ1n) is 7.58. The molecule has 1 heterocycles. The molecule has 3 rings (SSSR count). The number of nitrogens with zero attached hydrogens (tertiary/aromatic N) is 2. The van der Waals surface area contributed by atoms with E-state index in [1.54, 1.807) is 0 Å². The minimum absolute atomic E-state index is 0.0693. The summed E-state index contributed by atoms with van der Waals surface area (Å²) in [4.78, 5) is 12.2. The van der Waals surface area contributed by atoms with Crippen molar-refractivity contribution in [3.8, 4) is 0 Å². The molecule has 2 aromatic rings. The standard InChI is InChI=1S/C17H17F3N2O2/c1-10-4-3-5-11(6-10)13-7-14(13)16(23)24-15(17(18,19)20)12-8-21-22(2)9-12/h3-6,8-9,13-15H,7H2,1-2H3/t13-,14+,15+/m0/s1. The molecule has 0 unspecified atom stereocenters. The van der Waals surface area contributed by atoms with Crippen LogP contribution in [0, 0.1) is 12.8 Å². The first kappa shape index (κ1) is 16.5. The number of hydrogen-bond acceptors (Lipinski definition) is 3. The van der Waals surface area contributed by atoms with Gasteiger partial charge in [0.05, 0.1) is 12.1 Å². The molecular weight excluding hydrogens is 321 g/mol. The summed E-state index contributed by atoms with van der Waals surface area (Å²) >= 11 is 0. The zero-order valence-corrected chi connectivity index (χ0v) is 13.2. The fourth-order valence-corrected chi connectivity index (χ4v) is 2.83. The Morgan fingerprint density at radius 2 is 2.17 bits per heavy atom. The number of halogens is 3. The molecule has 1 aromatic carbocycles. The van der Waals surface area contributed by atoms with Crippen molar-refractivity contribution in [2.45, 2.75) is 31.5 Å². The number of esters is 1. The average Bonchev–Trinajstić information content (AvgIpc) is 3.19. The number of benzene rings is 1. The monoisotopic (exact) mass is 338 g/mol. The van der Waals surface area contributed by atoms with Gasteiger partial charge in [-0.15, -0.1) is 0 Å². The number of aromatic nitrogens is 2. The molecule has 1 saturated carbocycles. The second-order valence-corrected chi connectivity index (χ2v) is 6.17. The maximum atomic E-state index is 13.2. The van der Waals surface area contributed by atoms with Crippen molar-refractivity contribution in [3.05, 3.63) is 53.3 Å². The van der Waals surface area contributed by atoms with Crippen LogP contribution in [-0.2, 0) is 16.6 Å². The maximum absolute atomic E-state index is 13.2. The molecule has 0 saturated heterocycles. The third-order valence-corrected chi connectivity index (χ3v) is 4.12.